The van der Waals surface area contributed by atoms with Gasteiger partial charge in [0.1, 0.15) is 5.84 Å². The zero-order valence-corrected chi connectivity index (χ0v) is 21.2. The van der Waals surface area contributed by atoms with Crippen molar-refractivity contribution in [3.05, 3.63) is 175 Å². The van der Waals surface area contributed by atoms with E-state index in [2.05, 4.69) is 91.5 Å². The first-order valence-electron chi connectivity index (χ1n) is 12.7. The van der Waals surface area contributed by atoms with Gasteiger partial charge in [0.2, 0.25) is 6.71 Å². The molecule has 0 aliphatic heterocycles. The lowest BCUT2D eigenvalue weighted by atomic mass is 9.37. The lowest BCUT2D eigenvalue weighted by molar-refractivity contribution is 1.45. The van der Waals surface area contributed by atoms with Gasteiger partial charge < -0.3 is 5.73 Å². The van der Waals surface area contributed by atoms with Gasteiger partial charge in [-0.05, 0) is 17.2 Å². The summed E-state index contributed by atoms with van der Waals surface area (Å²) in [6.45, 7) is 4.41. The predicted octanol–water partition coefficient (Wildman–Crippen LogP) is 5.66. The summed E-state index contributed by atoms with van der Waals surface area (Å²) in [4.78, 5) is 4.87. The van der Waals surface area contributed by atoms with Crippen molar-refractivity contribution in [1.29, 1.82) is 0 Å². The van der Waals surface area contributed by atoms with Crippen molar-refractivity contribution in [3.8, 4) is 0 Å². The summed E-state index contributed by atoms with van der Waals surface area (Å²) >= 11 is 0. The van der Waals surface area contributed by atoms with E-state index in [0.29, 0.717) is 5.84 Å². The second kappa shape index (κ2) is 11.9. The molecule has 182 valence electrons. The topological polar surface area (TPSA) is 38.4 Å². The van der Waals surface area contributed by atoms with Crippen molar-refractivity contribution < 1.29 is 0 Å². The zero-order valence-electron chi connectivity index (χ0n) is 21.2. The van der Waals surface area contributed by atoms with E-state index in [1.165, 1.54) is 16.4 Å². The molecule has 5 rings (SSSR count). The Morgan fingerprint density at radius 3 is 1.45 bits per heavy atom. The van der Waals surface area contributed by atoms with Gasteiger partial charge in [-0.15, -0.1) is 0 Å². The number of benzene rings is 5. The van der Waals surface area contributed by atoms with Crippen LogP contribution < -0.4 is 22.1 Å². The van der Waals surface area contributed by atoms with Crippen LogP contribution in [-0.2, 0) is 0 Å². The Bertz CT molecular complexity index is 1500. The molecule has 0 amide bonds. The minimum Gasteiger partial charge on any atom is -0.383 e. The largest absolute Gasteiger partial charge is 0.383 e. The van der Waals surface area contributed by atoms with Crippen molar-refractivity contribution >= 4 is 40.2 Å². The maximum atomic E-state index is 6.58. The molecule has 2 nitrogen and oxygen atoms in total. The van der Waals surface area contributed by atoms with Crippen LogP contribution in [0.3, 0.4) is 0 Å². The Hall–Kier alpha value is -4.89. The SMILES string of the molecule is C=C(/C=C(\N=C(N)c1ccc(B(c2ccccc2)c2ccccc2)cc1)c1ccccc1)c1ccccc1. The molecular weight excluding hydrogens is 459 g/mol. The zero-order chi connectivity index (χ0) is 26.2. The van der Waals surface area contributed by atoms with E-state index >= 15 is 0 Å². The first-order valence-corrected chi connectivity index (χ1v) is 12.7. The highest BCUT2D eigenvalue weighted by Crippen LogP contribution is 2.23. The molecule has 0 radical (unpaired) electrons. The Labute approximate surface area is 225 Å². The second-order valence-electron chi connectivity index (χ2n) is 9.16. The quantitative estimate of drug-likeness (QED) is 0.130. The smallest absolute Gasteiger partial charge is 0.241 e. The van der Waals surface area contributed by atoms with Gasteiger partial charge in [0.05, 0.1) is 5.70 Å². The van der Waals surface area contributed by atoms with Gasteiger partial charge >= 0.3 is 0 Å². The Kier molecular flexibility index (Phi) is 7.76. The summed E-state index contributed by atoms with van der Waals surface area (Å²) in [6.07, 6.45) is 1.99. The van der Waals surface area contributed by atoms with E-state index < -0.39 is 0 Å². The van der Waals surface area contributed by atoms with E-state index in [-0.39, 0.29) is 6.71 Å². The summed E-state index contributed by atoms with van der Waals surface area (Å²) in [7, 11) is 0. The Morgan fingerprint density at radius 1 is 0.526 bits per heavy atom. The van der Waals surface area contributed by atoms with Crippen molar-refractivity contribution in [2.75, 3.05) is 0 Å². The van der Waals surface area contributed by atoms with Crippen LogP contribution in [0.4, 0.5) is 0 Å². The van der Waals surface area contributed by atoms with E-state index in [1.54, 1.807) is 0 Å². The lowest BCUT2D eigenvalue weighted by Gasteiger charge is -2.16. The van der Waals surface area contributed by atoms with Gasteiger partial charge in [-0.3, -0.25) is 0 Å². The van der Waals surface area contributed by atoms with E-state index in [4.69, 9.17) is 10.7 Å². The Balaban J connectivity index is 1.49. The molecule has 0 atom stereocenters. The molecule has 0 saturated heterocycles. The third-order valence-corrected chi connectivity index (χ3v) is 6.57. The number of nitrogens with two attached hydrogens (primary N) is 1. The first-order chi connectivity index (χ1) is 18.7. The molecule has 5 aromatic rings. The molecule has 3 heteroatoms. The highest BCUT2D eigenvalue weighted by atomic mass is 14.9. The average molecular weight is 488 g/mol. The first kappa shape index (κ1) is 24.8. The van der Waals surface area contributed by atoms with Crippen LogP contribution in [0.15, 0.2) is 163 Å². The molecule has 0 aromatic heterocycles. The van der Waals surface area contributed by atoms with Gasteiger partial charge in [-0.1, -0.05) is 169 Å². The fraction of sp³-hybridized carbons (Fsp3) is 0. The monoisotopic (exact) mass is 488 g/mol. The predicted molar refractivity (Wildman–Crippen MR) is 165 cm³/mol. The van der Waals surface area contributed by atoms with Crippen LogP contribution >= 0.6 is 0 Å². The lowest BCUT2D eigenvalue weighted by Crippen LogP contribution is -2.51. The van der Waals surface area contributed by atoms with Gasteiger partial charge in [0, 0.05) is 11.1 Å². The third-order valence-electron chi connectivity index (χ3n) is 6.57. The number of hydrogen-bond acceptors (Lipinski definition) is 1. The van der Waals surface area contributed by atoms with Gasteiger partial charge in [0.15, 0.2) is 0 Å². The molecule has 0 aliphatic rings. The summed E-state index contributed by atoms with van der Waals surface area (Å²) in [6, 6.07) is 49.8. The van der Waals surface area contributed by atoms with Crippen LogP contribution in [0.5, 0.6) is 0 Å². The summed E-state index contributed by atoms with van der Waals surface area (Å²) < 4.78 is 0. The fourth-order valence-corrected chi connectivity index (χ4v) is 4.60. The molecule has 38 heavy (non-hydrogen) atoms. The van der Waals surface area contributed by atoms with Gasteiger partial charge in [0.25, 0.3) is 0 Å². The molecule has 0 spiro atoms. The van der Waals surface area contributed by atoms with Crippen molar-refractivity contribution in [2.45, 2.75) is 0 Å². The Morgan fingerprint density at radius 2 is 0.947 bits per heavy atom. The second-order valence-corrected chi connectivity index (χ2v) is 9.16. The highest BCUT2D eigenvalue weighted by molar-refractivity contribution is 6.95. The highest BCUT2D eigenvalue weighted by Gasteiger charge is 2.21. The summed E-state index contributed by atoms with van der Waals surface area (Å²) in [5, 5.41) is 0. The number of allylic oxidation sites excluding steroid dienone is 2. The van der Waals surface area contributed by atoms with Crippen LogP contribution in [-0.4, -0.2) is 12.5 Å². The van der Waals surface area contributed by atoms with Crippen LogP contribution in [0.2, 0.25) is 0 Å². The van der Waals surface area contributed by atoms with E-state index in [0.717, 1.165) is 28.0 Å². The van der Waals surface area contributed by atoms with Crippen LogP contribution in [0, 0.1) is 0 Å². The minimum atomic E-state index is 0.138. The fourth-order valence-electron chi connectivity index (χ4n) is 4.60. The number of amidine groups is 1. The molecule has 2 N–H and O–H groups in total. The standard InChI is InChI=1S/C35H29BN2/c1-27(28-14-6-2-7-15-28)26-34(29-16-8-3-9-17-29)38-35(37)30-22-24-33(25-23-30)36(31-18-10-4-11-19-31)32-20-12-5-13-21-32/h2-26H,1H2,(H2,37,38)/b34-26-. The van der Waals surface area contributed by atoms with E-state index in [1.807, 2.05) is 66.7 Å². The van der Waals surface area contributed by atoms with Crippen LogP contribution in [0.25, 0.3) is 11.3 Å². The number of hydrogen-bond donors (Lipinski definition) is 1. The molecule has 0 aliphatic carbocycles. The maximum Gasteiger partial charge on any atom is 0.241 e. The van der Waals surface area contributed by atoms with Crippen molar-refractivity contribution in [2.24, 2.45) is 10.7 Å². The maximum absolute atomic E-state index is 6.58. The normalized spacial score (nSPS) is 11.7. The molecular formula is C35H29BN2. The average Bonchev–Trinajstić information content (AvgIpc) is 2.99. The summed E-state index contributed by atoms with van der Waals surface area (Å²) in [5.41, 5.74) is 14.8. The molecule has 0 bridgehead atoms. The van der Waals surface area contributed by atoms with Crippen molar-refractivity contribution in [1.82, 2.24) is 0 Å². The van der Waals surface area contributed by atoms with Gasteiger partial charge in [-0.25, -0.2) is 4.99 Å². The number of aliphatic imine (C=N–C) groups is 1. The van der Waals surface area contributed by atoms with Gasteiger partial charge in [-0.2, -0.15) is 0 Å². The number of nitrogens with zero attached hydrogens (tertiary/aromatic N) is 1. The molecule has 0 fully saturated rings. The molecule has 0 saturated carbocycles. The van der Waals surface area contributed by atoms with E-state index in [9.17, 15) is 0 Å². The molecule has 5 aromatic carbocycles. The molecule has 0 heterocycles. The summed E-state index contributed by atoms with van der Waals surface area (Å²) in [5.74, 6) is 0.462. The third kappa shape index (κ3) is 5.91. The molecule has 0 unspecified atom stereocenters. The van der Waals surface area contributed by atoms with Crippen LogP contribution in [0.1, 0.15) is 16.7 Å². The minimum absolute atomic E-state index is 0.138. The number of rotatable bonds is 8. The van der Waals surface area contributed by atoms with Crippen molar-refractivity contribution in [3.63, 3.8) is 0 Å².